The maximum atomic E-state index is 12.5. The third kappa shape index (κ3) is 3.17. The van der Waals surface area contributed by atoms with Gasteiger partial charge in [-0.3, -0.25) is 9.69 Å². The average molecular weight is 301 g/mol. The Morgan fingerprint density at radius 1 is 1.32 bits per heavy atom. The Kier molecular flexibility index (Phi) is 4.77. The van der Waals surface area contributed by atoms with Crippen LogP contribution in [0.1, 0.15) is 61.8 Å². The van der Waals surface area contributed by atoms with E-state index in [0.29, 0.717) is 11.7 Å². The molecule has 0 radical (unpaired) electrons. The van der Waals surface area contributed by atoms with Gasteiger partial charge in [0, 0.05) is 32.2 Å². The van der Waals surface area contributed by atoms with Gasteiger partial charge in [0.1, 0.15) is 5.69 Å². The van der Waals surface area contributed by atoms with Gasteiger partial charge in [-0.05, 0) is 44.2 Å². The van der Waals surface area contributed by atoms with Crippen LogP contribution in [0.25, 0.3) is 0 Å². The SMILES string of the molecule is CCCC1CN(C(C)c2cccc(C(=O)N3CCCC3)n2)C1. The van der Waals surface area contributed by atoms with Crippen LogP contribution >= 0.6 is 0 Å². The highest BCUT2D eigenvalue weighted by Gasteiger charge is 2.31. The molecule has 0 aliphatic carbocycles. The van der Waals surface area contributed by atoms with E-state index in [9.17, 15) is 4.79 Å². The number of pyridine rings is 1. The van der Waals surface area contributed by atoms with E-state index >= 15 is 0 Å². The van der Waals surface area contributed by atoms with E-state index in [-0.39, 0.29) is 5.91 Å². The molecule has 2 aliphatic rings. The predicted molar refractivity (Wildman–Crippen MR) is 87.8 cm³/mol. The molecular formula is C18H27N3O. The van der Waals surface area contributed by atoms with Crippen LogP contribution in [0.15, 0.2) is 18.2 Å². The minimum atomic E-state index is 0.0963. The lowest BCUT2D eigenvalue weighted by atomic mass is 9.92. The summed E-state index contributed by atoms with van der Waals surface area (Å²) < 4.78 is 0. The lowest BCUT2D eigenvalue weighted by Crippen LogP contribution is -2.47. The molecule has 2 saturated heterocycles. The van der Waals surface area contributed by atoms with Crippen LogP contribution in [-0.4, -0.2) is 46.9 Å². The van der Waals surface area contributed by atoms with Crippen LogP contribution in [0.5, 0.6) is 0 Å². The molecule has 0 spiro atoms. The maximum absolute atomic E-state index is 12.5. The van der Waals surface area contributed by atoms with Crippen molar-refractivity contribution in [3.05, 3.63) is 29.6 Å². The van der Waals surface area contributed by atoms with Crippen LogP contribution in [0.4, 0.5) is 0 Å². The predicted octanol–water partition coefficient (Wildman–Crippen LogP) is 3.11. The van der Waals surface area contributed by atoms with Crippen molar-refractivity contribution < 1.29 is 4.79 Å². The third-order valence-electron chi connectivity index (χ3n) is 5.04. The summed E-state index contributed by atoms with van der Waals surface area (Å²) in [6.45, 7) is 8.55. The Morgan fingerprint density at radius 3 is 2.73 bits per heavy atom. The minimum Gasteiger partial charge on any atom is -0.337 e. The number of carbonyl (C=O) groups excluding carboxylic acids is 1. The zero-order valence-corrected chi connectivity index (χ0v) is 13.8. The van der Waals surface area contributed by atoms with Gasteiger partial charge in [0.2, 0.25) is 0 Å². The number of hydrogen-bond acceptors (Lipinski definition) is 3. The van der Waals surface area contributed by atoms with Gasteiger partial charge in [-0.2, -0.15) is 0 Å². The molecule has 1 aromatic rings. The lowest BCUT2D eigenvalue weighted by Gasteiger charge is -2.43. The van der Waals surface area contributed by atoms with Crippen molar-refractivity contribution in [1.82, 2.24) is 14.8 Å². The molecule has 1 aromatic heterocycles. The Morgan fingerprint density at radius 2 is 2.05 bits per heavy atom. The Labute approximate surface area is 133 Å². The van der Waals surface area contributed by atoms with Gasteiger partial charge in [-0.25, -0.2) is 4.98 Å². The lowest BCUT2D eigenvalue weighted by molar-refractivity contribution is 0.0526. The van der Waals surface area contributed by atoms with Crippen LogP contribution in [0.2, 0.25) is 0 Å². The first kappa shape index (κ1) is 15.5. The van der Waals surface area contributed by atoms with Crippen molar-refractivity contribution in [2.75, 3.05) is 26.2 Å². The second-order valence-corrected chi connectivity index (χ2v) is 6.73. The van der Waals surface area contributed by atoms with Gasteiger partial charge < -0.3 is 4.90 Å². The van der Waals surface area contributed by atoms with E-state index in [0.717, 1.165) is 37.5 Å². The van der Waals surface area contributed by atoms with E-state index in [1.807, 2.05) is 17.0 Å². The molecule has 2 fully saturated rings. The topological polar surface area (TPSA) is 36.4 Å². The second kappa shape index (κ2) is 6.78. The molecule has 1 atom stereocenters. The largest absolute Gasteiger partial charge is 0.337 e. The van der Waals surface area contributed by atoms with Crippen molar-refractivity contribution in [1.29, 1.82) is 0 Å². The molecule has 1 unspecified atom stereocenters. The molecule has 4 nitrogen and oxygen atoms in total. The zero-order chi connectivity index (χ0) is 15.5. The Bertz CT molecular complexity index is 519. The summed E-state index contributed by atoms with van der Waals surface area (Å²) in [7, 11) is 0. The fourth-order valence-corrected chi connectivity index (χ4v) is 3.59. The number of likely N-dealkylation sites (tertiary alicyclic amines) is 2. The molecule has 1 amide bonds. The first-order chi connectivity index (χ1) is 10.7. The van der Waals surface area contributed by atoms with E-state index in [2.05, 4.69) is 29.8 Å². The summed E-state index contributed by atoms with van der Waals surface area (Å²) in [6.07, 6.45) is 4.83. The molecule has 0 aromatic carbocycles. The average Bonchev–Trinajstić information content (AvgIpc) is 3.03. The third-order valence-corrected chi connectivity index (χ3v) is 5.04. The first-order valence-electron chi connectivity index (χ1n) is 8.69. The summed E-state index contributed by atoms with van der Waals surface area (Å²) >= 11 is 0. The molecule has 0 saturated carbocycles. The number of hydrogen-bond donors (Lipinski definition) is 0. The van der Waals surface area contributed by atoms with E-state index < -0.39 is 0 Å². The molecule has 0 N–H and O–H groups in total. The highest BCUT2D eigenvalue weighted by atomic mass is 16.2. The quantitative estimate of drug-likeness (QED) is 0.838. The van der Waals surface area contributed by atoms with Crippen molar-refractivity contribution in [3.8, 4) is 0 Å². The van der Waals surface area contributed by atoms with Crippen molar-refractivity contribution in [3.63, 3.8) is 0 Å². The van der Waals surface area contributed by atoms with Crippen LogP contribution in [0, 0.1) is 5.92 Å². The number of rotatable bonds is 5. The molecule has 120 valence electrons. The number of carbonyl (C=O) groups is 1. The normalized spacial score (nSPS) is 20.9. The fourth-order valence-electron chi connectivity index (χ4n) is 3.59. The van der Waals surface area contributed by atoms with E-state index in [1.54, 1.807) is 0 Å². The van der Waals surface area contributed by atoms with Gasteiger partial charge in [0.05, 0.1) is 5.69 Å². The van der Waals surface area contributed by atoms with Gasteiger partial charge in [0.25, 0.3) is 5.91 Å². The first-order valence-corrected chi connectivity index (χ1v) is 8.69. The number of nitrogens with zero attached hydrogens (tertiary/aromatic N) is 3. The molecule has 3 rings (SSSR count). The van der Waals surface area contributed by atoms with Gasteiger partial charge >= 0.3 is 0 Å². The van der Waals surface area contributed by atoms with E-state index in [4.69, 9.17) is 0 Å². The molecule has 3 heterocycles. The summed E-state index contributed by atoms with van der Waals surface area (Å²) in [6, 6.07) is 6.19. The second-order valence-electron chi connectivity index (χ2n) is 6.73. The van der Waals surface area contributed by atoms with Gasteiger partial charge in [0.15, 0.2) is 0 Å². The monoisotopic (exact) mass is 301 g/mol. The summed E-state index contributed by atoms with van der Waals surface area (Å²) in [5, 5.41) is 0. The van der Waals surface area contributed by atoms with Crippen LogP contribution in [0.3, 0.4) is 0 Å². The smallest absolute Gasteiger partial charge is 0.272 e. The van der Waals surface area contributed by atoms with Gasteiger partial charge in [-0.1, -0.05) is 19.4 Å². The summed E-state index contributed by atoms with van der Waals surface area (Å²) in [5.74, 6) is 0.945. The zero-order valence-electron chi connectivity index (χ0n) is 13.8. The van der Waals surface area contributed by atoms with Crippen molar-refractivity contribution >= 4 is 5.91 Å². The maximum Gasteiger partial charge on any atom is 0.272 e. The molecule has 0 bridgehead atoms. The van der Waals surface area contributed by atoms with Crippen LogP contribution in [-0.2, 0) is 0 Å². The summed E-state index contributed by atoms with van der Waals surface area (Å²) in [5.41, 5.74) is 1.64. The van der Waals surface area contributed by atoms with Crippen molar-refractivity contribution in [2.24, 2.45) is 5.92 Å². The van der Waals surface area contributed by atoms with Crippen molar-refractivity contribution in [2.45, 2.75) is 45.6 Å². The minimum absolute atomic E-state index is 0.0963. The van der Waals surface area contributed by atoms with Gasteiger partial charge in [-0.15, -0.1) is 0 Å². The number of amides is 1. The molecular weight excluding hydrogens is 274 g/mol. The molecule has 2 aliphatic heterocycles. The highest BCUT2D eigenvalue weighted by molar-refractivity contribution is 5.92. The van der Waals surface area contributed by atoms with Crippen LogP contribution < -0.4 is 0 Å². The molecule has 22 heavy (non-hydrogen) atoms. The summed E-state index contributed by atoms with van der Waals surface area (Å²) in [4.78, 5) is 21.5. The Balaban J connectivity index is 1.65. The highest BCUT2D eigenvalue weighted by Crippen LogP contribution is 2.29. The molecule has 4 heteroatoms. The Hall–Kier alpha value is -1.42. The standard InChI is InChI=1S/C18H27N3O/c1-3-7-15-12-21(13-15)14(2)16-8-6-9-17(19-16)18(22)20-10-4-5-11-20/h6,8-9,14-15H,3-5,7,10-13H2,1-2H3. The number of aromatic nitrogens is 1. The fraction of sp³-hybridized carbons (Fsp3) is 0.667. The van der Waals surface area contributed by atoms with E-state index in [1.165, 1.54) is 25.9 Å².